The number of thioether (sulfide) groups is 1. The van der Waals surface area contributed by atoms with Gasteiger partial charge in [-0.1, -0.05) is 68.1 Å². The Morgan fingerprint density at radius 3 is 2.62 bits per heavy atom. The van der Waals surface area contributed by atoms with Gasteiger partial charge in [-0.05, 0) is 31.0 Å². The molecule has 7 nitrogen and oxygen atoms in total. The first-order chi connectivity index (χ1) is 18.6. The van der Waals surface area contributed by atoms with Crippen molar-refractivity contribution in [1.82, 2.24) is 20.2 Å². The van der Waals surface area contributed by atoms with Crippen LogP contribution in [-0.4, -0.2) is 58.1 Å². The van der Waals surface area contributed by atoms with Crippen molar-refractivity contribution in [3.05, 3.63) is 46.6 Å². The Morgan fingerprint density at radius 1 is 1.13 bits per heavy atom. The third-order valence-corrected chi connectivity index (χ3v) is 7.54. The fraction of sp³-hybridized carbons (Fsp3) is 0.556. The van der Waals surface area contributed by atoms with Crippen molar-refractivity contribution in [2.24, 2.45) is 0 Å². The molecule has 39 heavy (non-hydrogen) atoms. The number of carbonyl (C=O) groups excluding carboxylic acids is 2. The highest BCUT2D eigenvalue weighted by Gasteiger charge is 2.30. The summed E-state index contributed by atoms with van der Waals surface area (Å²) < 4.78 is 38.7. The van der Waals surface area contributed by atoms with Crippen LogP contribution in [0.15, 0.2) is 35.5 Å². The molecule has 1 aromatic heterocycles. The molecular formula is C27H35ClF3N5O2S. The lowest BCUT2D eigenvalue weighted by Gasteiger charge is -2.40. The molecule has 1 N–H and O–H groups in total. The molecule has 214 valence electrons. The van der Waals surface area contributed by atoms with Gasteiger partial charge in [-0.15, -0.1) is 0 Å². The minimum atomic E-state index is -4.44. The predicted molar refractivity (Wildman–Crippen MR) is 148 cm³/mol. The van der Waals surface area contributed by atoms with Crippen molar-refractivity contribution in [1.29, 1.82) is 0 Å². The van der Waals surface area contributed by atoms with Crippen molar-refractivity contribution in [2.75, 3.05) is 30.3 Å². The SMILES string of the molecule is CCCCCCCC(=O)N1CCN(c2cc(Cl)nc(SCC(=O)NCc3cccc(C(F)(F)F)c3)n2)CC1C. The molecule has 2 heterocycles. The monoisotopic (exact) mass is 585 g/mol. The Labute approximate surface area is 236 Å². The average Bonchev–Trinajstić information content (AvgIpc) is 2.90. The van der Waals surface area contributed by atoms with E-state index in [1.807, 2.05) is 11.8 Å². The summed E-state index contributed by atoms with van der Waals surface area (Å²) in [6.07, 6.45) is 1.68. The molecule has 0 aliphatic carbocycles. The molecule has 12 heteroatoms. The number of hydrogen-bond acceptors (Lipinski definition) is 6. The second kappa shape index (κ2) is 14.7. The second-order valence-corrected chi connectivity index (χ2v) is 11.0. The van der Waals surface area contributed by atoms with E-state index in [4.69, 9.17) is 11.6 Å². The molecule has 1 aromatic carbocycles. The Kier molecular flexibility index (Phi) is 11.7. The van der Waals surface area contributed by atoms with Gasteiger partial charge in [0.15, 0.2) is 5.16 Å². The molecular weight excluding hydrogens is 551 g/mol. The quantitative estimate of drug-likeness (QED) is 0.143. The Morgan fingerprint density at radius 2 is 1.90 bits per heavy atom. The molecule has 2 aromatic rings. The third kappa shape index (κ3) is 9.86. The van der Waals surface area contributed by atoms with Gasteiger partial charge in [-0.2, -0.15) is 13.2 Å². The van der Waals surface area contributed by atoms with E-state index >= 15 is 0 Å². The minimum absolute atomic E-state index is 0.0182. The second-order valence-electron chi connectivity index (χ2n) is 9.64. The van der Waals surface area contributed by atoms with E-state index in [0.29, 0.717) is 42.6 Å². The number of benzene rings is 1. The van der Waals surface area contributed by atoms with Crippen molar-refractivity contribution in [2.45, 2.75) is 76.3 Å². The summed E-state index contributed by atoms with van der Waals surface area (Å²) in [7, 11) is 0. The molecule has 1 unspecified atom stereocenters. The highest BCUT2D eigenvalue weighted by atomic mass is 35.5. The van der Waals surface area contributed by atoms with E-state index in [0.717, 1.165) is 36.7 Å². The first-order valence-electron chi connectivity index (χ1n) is 13.2. The molecule has 0 saturated carbocycles. The first-order valence-corrected chi connectivity index (χ1v) is 14.6. The summed E-state index contributed by atoms with van der Waals surface area (Å²) in [6, 6.07) is 6.53. The van der Waals surface area contributed by atoms with Crippen LogP contribution in [0.1, 0.15) is 63.5 Å². The van der Waals surface area contributed by atoms with Crippen LogP contribution in [0.4, 0.5) is 19.0 Å². The number of nitrogens with zero attached hydrogens (tertiary/aromatic N) is 4. The first kappa shape index (κ1) is 31.0. The smallest absolute Gasteiger partial charge is 0.353 e. The molecule has 0 radical (unpaired) electrons. The lowest BCUT2D eigenvalue weighted by Crippen LogP contribution is -2.54. The number of carbonyl (C=O) groups is 2. The maximum atomic E-state index is 12.9. The highest BCUT2D eigenvalue weighted by molar-refractivity contribution is 7.99. The van der Waals surface area contributed by atoms with E-state index in [-0.39, 0.29) is 35.3 Å². The summed E-state index contributed by atoms with van der Waals surface area (Å²) in [6.45, 7) is 5.98. The van der Waals surface area contributed by atoms with E-state index in [1.54, 1.807) is 6.07 Å². The van der Waals surface area contributed by atoms with Crippen LogP contribution in [0.2, 0.25) is 5.15 Å². The minimum Gasteiger partial charge on any atom is -0.353 e. The number of unbranched alkanes of at least 4 members (excludes halogenated alkanes) is 4. The number of piperazine rings is 1. The average molecular weight is 586 g/mol. The Balaban J connectivity index is 1.49. The number of nitrogens with one attached hydrogen (secondary N) is 1. The van der Waals surface area contributed by atoms with Gasteiger partial charge in [-0.25, -0.2) is 9.97 Å². The van der Waals surface area contributed by atoms with E-state index < -0.39 is 11.7 Å². The van der Waals surface area contributed by atoms with Crippen molar-refractivity contribution in [3.63, 3.8) is 0 Å². The van der Waals surface area contributed by atoms with Crippen LogP contribution in [0, 0.1) is 0 Å². The molecule has 0 spiro atoms. The van der Waals surface area contributed by atoms with E-state index in [2.05, 4.69) is 27.1 Å². The zero-order valence-electron chi connectivity index (χ0n) is 22.3. The Hall–Kier alpha value is -2.53. The lowest BCUT2D eigenvalue weighted by atomic mass is 10.1. The fourth-order valence-corrected chi connectivity index (χ4v) is 5.32. The van der Waals surface area contributed by atoms with Crippen LogP contribution < -0.4 is 10.2 Å². The lowest BCUT2D eigenvalue weighted by molar-refractivity contribution is -0.137. The summed E-state index contributed by atoms with van der Waals surface area (Å²) >= 11 is 7.33. The van der Waals surface area contributed by atoms with Gasteiger partial charge in [0.05, 0.1) is 11.3 Å². The number of hydrogen-bond donors (Lipinski definition) is 1. The molecule has 3 rings (SSSR count). The summed E-state index contributed by atoms with van der Waals surface area (Å²) in [5.41, 5.74) is -0.405. The molecule has 0 bridgehead atoms. The molecule has 2 amide bonds. The van der Waals surface area contributed by atoms with Crippen molar-refractivity contribution in [3.8, 4) is 0 Å². The van der Waals surface area contributed by atoms with E-state index in [9.17, 15) is 22.8 Å². The summed E-state index contributed by atoms with van der Waals surface area (Å²) in [5, 5.41) is 3.19. The molecule has 1 fully saturated rings. The predicted octanol–water partition coefficient (Wildman–Crippen LogP) is 5.95. The number of alkyl halides is 3. The van der Waals surface area contributed by atoms with Gasteiger partial charge in [0.1, 0.15) is 11.0 Å². The van der Waals surface area contributed by atoms with Crippen LogP contribution in [0.3, 0.4) is 0 Å². The van der Waals surface area contributed by atoms with Crippen LogP contribution in [-0.2, 0) is 22.3 Å². The van der Waals surface area contributed by atoms with E-state index in [1.165, 1.54) is 31.4 Å². The van der Waals surface area contributed by atoms with Crippen LogP contribution in [0.25, 0.3) is 0 Å². The topological polar surface area (TPSA) is 78.4 Å². The van der Waals surface area contributed by atoms with Crippen molar-refractivity contribution >= 4 is 41.0 Å². The molecule has 1 aliphatic heterocycles. The molecule has 1 saturated heterocycles. The van der Waals surface area contributed by atoms with Gasteiger partial charge in [0, 0.05) is 44.7 Å². The number of anilines is 1. The number of rotatable bonds is 12. The molecule has 1 atom stereocenters. The number of aromatic nitrogens is 2. The van der Waals surface area contributed by atoms with Crippen molar-refractivity contribution < 1.29 is 22.8 Å². The maximum absolute atomic E-state index is 12.9. The largest absolute Gasteiger partial charge is 0.416 e. The summed E-state index contributed by atoms with van der Waals surface area (Å²) in [5.74, 6) is 0.431. The third-order valence-electron chi connectivity index (χ3n) is 6.50. The standard InChI is InChI=1S/C27H35ClF3N5O2S/c1-3-4-5-6-7-11-25(38)36-13-12-35(17-19(36)2)23-15-22(28)33-26(34-23)39-18-24(37)32-16-20-9-8-10-21(14-20)27(29,30)31/h8-10,14-15,19H,3-7,11-13,16-18H2,1-2H3,(H,32,37). The maximum Gasteiger partial charge on any atom is 0.416 e. The molecule has 1 aliphatic rings. The number of amides is 2. The Bertz CT molecular complexity index is 1120. The zero-order chi connectivity index (χ0) is 28.4. The fourth-order valence-electron chi connectivity index (χ4n) is 4.41. The zero-order valence-corrected chi connectivity index (χ0v) is 23.8. The number of halogens is 4. The van der Waals surface area contributed by atoms with Gasteiger partial charge in [0.2, 0.25) is 11.8 Å². The van der Waals surface area contributed by atoms with Crippen LogP contribution in [0.5, 0.6) is 0 Å². The summed E-state index contributed by atoms with van der Waals surface area (Å²) in [4.78, 5) is 37.8. The van der Waals surface area contributed by atoms with Gasteiger partial charge in [-0.3, -0.25) is 9.59 Å². The normalized spacial score (nSPS) is 15.9. The van der Waals surface area contributed by atoms with Gasteiger partial charge < -0.3 is 15.1 Å². The van der Waals surface area contributed by atoms with Crippen LogP contribution >= 0.6 is 23.4 Å². The van der Waals surface area contributed by atoms with Gasteiger partial charge in [0.25, 0.3) is 0 Å². The highest BCUT2D eigenvalue weighted by Crippen LogP contribution is 2.29. The van der Waals surface area contributed by atoms with Gasteiger partial charge >= 0.3 is 6.18 Å².